The largest absolute Gasteiger partial charge is 0.368 e. The van der Waals surface area contributed by atoms with Gasteiger partial charge in [0, 0.05) is 38.1 Å². The smallest absolute Gasteiger partial charge is 0.256 e. The van der Waals surface area contributed by atoms with Gasteiger partial charge in [0.15, 0.2) is 0 Å². The maximum absolute atomic E-state index is 13.3. The van der Waals surface area contributed by atoms with Crippen LogP contribution in [0.5, 0.6) is 0 Å². The van der Waals surface area contributed by atoms with Crippen LogP contribution in [0.4, 0.5) is 10.1 Å². The first kappa shape index (κ1) is 21.1. The Hall–Kier alpha value is -3.79. The number of amides is 1. The number of hydrogen-bond donors (Lipinski definition) is 0. The first-order valence-corrected chi connectivity index (χ1v) is 11.3. The molecule has 1 amide bonds. The number of hydrogen-bond acceptors (Lipinski definition) is 7. The summed E-state index contributed by atoms with van der Waals surface area (Å²) >= 11 is 1.26. The quantitative estimate of drug-likeness (QED) is 0.451. The zero-order chi connectivity index (χ0) is 22.6. The Morgan fingerprint density at radius 1 is 0.879 bits per heavy atom. The molecule has 0 aliphatic carbocycles. The van der Waals surface area contributed by atoms with Crippen LogP contribution in [0.3, 0.4) is 0 Å². The number of nitrogens with zero attached hydrogens (tertiary/aromatic N) is 7. The highest BCUT2D eigenvalue weighted by atomic mass is 32.2. The van der Waals surface area contributed by atoms with Crippen molar-refractivity contribution in [1.82, 2.24) is 30.1 Å². The molecule has 0 unspecified atom stereocenters. The zero-order valence-electron chi connectivity index (χ0n) is 17.6. The van der Waals surface area contributed by atoms with E-state index in [9.17, 15) is 9.18 Å². The molecule has 8 nitrogen and oxygen atoms in total. The molecule has 3 heterocycles. The third kappa shape index (κ3) is 4.56. The molecule has 166 valence electrons. The third-order valence-corrected chi connectivity index (χ3v) is 6.35. The second kappa shape index (κ2) is 9.37. The summed E-state index contributed by atoms with van der Waals surface area (Å²) in [5.74, 6) is -0.337. The van der Waals surface area contributed by atoms with Crippen molar-refractivity contribution >= 4 is 23.4 Å². The van der Waals surface area contributed by atoms with Crippen LogP contribution in [0.2, 0.25) is 0 Å². The molecule has 1 aliphatic heterocycles. The Balaban J connectivity index is 1.31. The lowest BCUT2D eigenvalue weighted by molar-refractivity contribution is 0.0742. The molecular weight excluding hydrogens is 441 g/mol. The number of piperazine rings is 1. The number of aromatic nitrogens is 5. The summed E-state index contributed by atoms with van der Waals surface area (Å²) in [4.78, 5) is 21.7. The minimum Gasteiger partial charge on any atom is -0.368 e. The molecule has 5 rings (SSSR count). The average molecular weight is 462 g/mol. The number of tetrazole rings is 1. The minimum atomic E-state index is -0.257. The Kier molecular flexibility index (Phi) is 5.99. The Bertz CT molecular complexity index is 1240. The van der Waals surface area contributed by atoms with Gasteiger partial charge in [-0.1, -0.05) is 18.2 Å². The van der Waals surface area contributed by atoms with Crippen LogP contribution < -0.4 is 4.90 Å². The van der Waals surface area contributed by atoms with Crippen LogP contribution in [0, 0.1) is 5.82 Å². The predicted octanol–water partition coefficient (Wildman–Crippen LogP) is 3.31. The second-order valence-electron chi connectivity index (χ2n) is 7.42. The lowest BCUT2D eigenvalue weighted by atomic mass is 10.2. The molecule has 0 saturated carbocycles. The van der Waals surface area contributed by atoms with E-state index in [0.717, 1.165) is 11.4 Å². The van der Waals surface area contributed by atoms with Gasteiger partial charge in [0.2, 0.25) is 5.16 Å². The van der Waals surface area contributed by atoms with E-state index in [0.29, 0.717) is 41.9 Å². The van der Waals surface area contributed by atoms with Crippen LogP contribution in [0.1, 0.15) is 10.4 Å². The van der Waals surface area contributed by atoms with Gasteiger partial charge in [-0.15, -0.1) is 5.10 Å². The highest BCUT2D eigenvalue weighted by Crippen LogP contribution is 2.29. The summed E-state index contributed by atoms with van der Waals surface area (Å²) in [6.07, 6.45) is 1.66. The van der Waals surface area contributed by atoms with Crippen LogP contribution >= 0.6 is 11.8 Å². The summed E-state index contributed by atoms with van der Waals surface area (Å²) < 4.78 is 14.8. The van der Waals surface area contributed by atoms with Crippen molar-refractivity contribution < 1.29 is 9.18 Å². The highest BCUT2D eigenvalue weighted by Gasteiger charge is 2.25. The van der Waals surface area contributed by atoms with E-state index in [4.69, 9.17) is 0 Å². The molecule has 0 spiro atoms. The highest BCUT2D eigenvalue weighted by molar-refractivity contribution is 7.99. The summed E-state index contributed by atoms with van der Waals surface area (Å²) in [6, 6.07) is 19.5. The number of carbonyl (C=O) groups is 1. The summed E-state index contributed by atoms with van der Waals surface area (Å²) in [5.41, 5.74) is 2.29. The first-order chi connectivity index (χ1) is 16.2. The van der Waals surface area contributed by atoms with Crippen molar-refractivity contribution in [3.05, 3.63) is 84.3 Å². The molecule has 4 aromatic rings. The number of para-hydroxylation sites is 1. The Labute approximate surface area is 194 Å². The summed E-state index contributed by atoms with van der Waals surface area (Å²) in [5, 5.41) is 13.1. The second-order valence-corrected chi connectivity index (χ2v) is 8.38. The summed E-state index contributed by atoms with van der Waals surface area (Å²) in [7, 11) is 0. The molecule has 1 fully saturated rings. The van der Waals surface area contributed by atoms with Crippen LogP contribution in [-0.4, -0.2) is 62.2 Å². The number of benzene rings is 2. The first-order valence-electron chi connectivity index (χ1n) is 10.5. The monoisotopic (exact) mass is 461 g/mol. The molecule has 2 aromatic heterocycles. The number of anilines is 1. The molecule has 33 heavy (non-hydrogen) atoms. The van der Waals surface area contributed by atoms with E-state index in [2.05, 4.69) is 25.4 Å². The van der Waals surface area contributed by atoms with Gasteiger partial charge in [0.1, 0.15) is 10.8 Å². The van der Waals surface area contributed by atoms with Gasteiger partial charge in [-0.25, -0.2) is 9.37 Å². The average Bonchev–Trinajstić information content (AvgIpc) is 3.33. The van der Waals surface area contributed by atoms with Crippen LogP contribution in [-0.2, 0) is 0 Å². The maximum Gasteiger partial charge on any atom is 0.256 e. The normalized spacial score (nSPS) is 13.8. The van der Waals surface area contributed by atoms with Gasteiger partial charge >= 0.3 is 0 Å². The lowest BCUT2D eigenvalue weighted by Gasteiger charge is -2.36. The number of carbonyl (C=O) groups excluding carboxylic acids is 1. The van der Waals surface area contributed by atoms with Gasteiger partial charge in [-0.3, -0.25) is 4.79 Å². The number of rotatable bonds is 5. The Morgan fingerprint density at radius 3 is 2.39 bits per heavy atom. The molecular formula is C23H20FN7OS. The molecule has 0 radical (unpaired) electrons. The molecule has 0 bridgehead atoms. The summed E-state index contributed by atoms with van der Waals surface area (Å²) in [6.45, 7) is 2.48. The van der Waals surface area contributed by atoms with Gasteiger partial charge in [0.25, 0.3) is 5.91 Å². The van der Waals surface area contributed by atoms with Crippen molar-refractivity contribution in [1.29, 1.82) is 0 Å². The van der Waals surface area contributed by atoms with Gasteiger partial charge in [-0.05, 0) is 70.7 Å². The fraction of sp³-hybridized carbons (Fsp3) is 0.174. The molecule has 0 N–H and O–H groups in total. The molecule has 0 atom stereocenters. The van der Waals surface area contributed by atoms with Crippen molar-refractivity contribution in [2.24, 2.45) is 0 Å². The standard InChI is InChI=1S/C23H20FN7OS/c24-17-8-10-18(11-9-17)29-13-15-30(16-14-29)22(32)20-7-4-12-25-21(20)33-23-26-27-28-31(23)19-5-2-1-3-6-19/h1-12H,13-16H2. The van der Waals surface area contributed by atoms with Gasteiger partial charge in [-0.2, -0.15) is 4.68 Å². The molecule has 1 saturated heterocycles. The van der Waals surface area contributed by atoms with Crippen molar-refractivity contribution in [3.63, 3.8) is 0 Å². The molecule has 1 aliphatic rings. The third-order valence-electron chi connectivity index (χ3n) is 5.39. The maximum atomic E-state index is 13.3. The van der Waals surface area contributed by atoms with Gasteiger partial charge in [0.05, 0.1) is 11.3 Å². The number of pyridine rings is 1. The van der Waals surface area contributed by atoms with E-state index in [1.807, 2.05) is 35.2 Å². The van der Waals surface area contributed by atoms with Crippen molar-refractivity contribution in [2.75, 3.05) is 31.1 Å². The van der Waals surface area contributed by atoms with Crippen molar-refractivity contribution in [2.45, 2.75) is 10.2 Å². The van der Waals surface area contributed by atoms with Gasteiger partial charge < -0.3 is 9.80 Å². The fourth-order valence-corrected chi connectivity index (χ4v) is 4.54. The molecule has 2 aromatic carbocycles. The predicted molar refractivity (Wildman–Crippen MR) is 122 cm³/mol. The van der Waals surface area contributed by atoms with E-state index in [1.165, 1.54) is 23.9 Å². The van der Waals surface area contributed by atoms with Crippen LogP contribution in [0.15, 0.2) is 83.1 Å². The van der Waals surface area contributed by atoms with E-state index >= 15 is 0 Å². The molecule has 10 heteroatoms. The SMILES string of the molecule is O=C(c1cccnc1Sc1nnnn1-c1ccccc1)N1CCN(c2ccc(F)cc2)CC1. The number of halogens is 1. The lowest BCUT2D eigenvalue weighted by Crippen LogP contribution is -2.48. The fourth-order valence-electron chi connectivity index (χ4n) is 3.69. The topological polar surface area (TPSA) is 80.0 Å². The van der Waals surface area contributed by atoms with E-state index < -0.39 is 0 Å². The van der Waals surface area contributed by atoms with E-state index in [-0.39, 0.29) is 11.7 Å². The zero-order valence-corrected chi connectivity index (χ0v) is 18.4. The Morgan fingerprint density at radius 2 is 1.64 bits per heavy atom. The minimum absolute atomic E-state index is 0.0805. The van der Waals surface area contributed by atoms with Crippen LogP contribution in [0.25, 0.3) is 5.69 Å². The van der Waals surface area contributed by atoms with Crippen molar-refractivity contribution in [3.8, 4) is 5.69 Å². The van der Waals surface area contributed by atoms with E-state index in [1.54, 1.807) is 35.1 Å².